The summed E-state index contributed by atoms with van der Waals surface area (Å²) in [6.45, 7) is 1.48. The SMILES string of the molecule is CC(CS(C)(=O)=O)NC(=O)c1c(O)cccc1F. The van der Waals surface area contributed by atoms with E-state index in [0.717, 1.165) is 12.3 Å². The van der Waals surface area contributed by atoms with Gasteiger partial charge in [-0.1, -0.05) is 6.07 Å². The Bertz CT molecular complexity index is 536. The molecule has 1 aromatic carbocycles. The molecule has 100 valence electrons. The number of amides is 1. The van der Waals surface area contributed by atoms with Crippen LogP contribution in [0, 0.1) is 5.82 Å². The second-order valence-corrected chi connectivity index (χ2v) is 6.29. The summed E-state index contributed by atoms with van der Waals surface area (Å²) >= 11 is 0. The van der Waals surface area contributed by atoms with E-state index in [4.69, 9.17) is 0 Å². The monoisotopic (exact) mass is 275 g/mol. The molecule has 0 saturated heterocycles. The van der Waals surface area contributed by atoms with Gasteiger partial charge in [0.15, 0.2) is 0 Å². The first-order chi connectivity index (χ1) is 8.20. The zero-order valence-electron chi connectivity index (χ0n) is 9.97. The van der Waals surface area contributed by atoms with E-state index in [9.17, 15) is 22.7 Å². The summed E-state index contributed by atoms with van der Waals surface area (Å²) in [6, 6.07) is 2.81. The molecule has 1 unspecified atom stereocenters. The number of phenols is 1. The Balaban J connectivity index is 2.83. The summed E-state index contributed by atoms with van der Waals surface area (Å²) in [7, 11) is -3.24. The Morgan fingerprint density at radius 2 is 2.11 bits per heavy atom. The Kier molecular flexibility index (Phi) is 4.28. The minimum absolute atomic E-state index is 0.256. The molecular formula is C11H14FNO4S. The number of halogens is 1. The molecule has 1 amide bonds. The van der Waals surface area contributed by atoms with Crippen molar-refractivity contribution in [1.82, 2.24) is 5.32 Å². The van der Waals surface area contributed by atoms with Gasteiger partial charge in [0, 0.05) is 12.3 Å². The van der Waals surface area contributed by atoms with Gasteiger partial charge in [-0.3, -0.25) is 4.79 Å². The number of phenolic OH excluding ortho intramolecular Hbond substituents is 1. The predicted molar refractivity (Wildman–Crippen MR) is 64.7 cm³/mol. The third-order valence-electron chi connectivity index (χ3n) is 2.15. The molecule has 1 rings (SSSR count). The molecule has 0 spiro atoms. The van der Waals surface area contributed by atoms with E-state index >= 15 is 0 Å². The minimum Gasteiger partial charge on any atom is -0.507 e. The quantitative estimate of drug-likeness (QED) is 0.847. The van der Waals surface area contributed by atoms with Crippen LogP contribution in [0.2, 0.25) is 0 Å². The lowest BCUT2D eigenvalue weighted by Crippen LogP contribution is -2.37. The van der Waals surface area contributed by atoms with Crippen LogP contribution in [-0.4, -0.2) is 37.5 Å². The highest BCUT2D eigenvalue weighted by molar-refractivity contribution is 7.90. The van der Waals surface area contributed by atoms with Gasteiger partial charge in [-0.05, 0) is 19.1 Å². The largest absolute Gasteiger partial charge is 0.507 e. The van der Waals surface area contributed by atoms with Crippen LogP contribution >= 0.6 is 0 Å². The highest BCUT2D eigenvalue weighted by Gasteiger charge is 2.19. The molecule has 7 heteroatoms. The number of hydrogen-bond donors (Lipinski definition) is 2. The number of sulfone groups is 1. The maximum atomic E-state index is 13.4. The lowest BCUT2D eigenvalue weighted by molar-refractivity contribution is 0.0936. The fraction of sp³-hybridized carbons (Fsp3) is 0.364. The number of aromatic hydroxyl groups is 1. The maximum Gasteiger partial charge on any atom is 0.258 e. The van der Waals surface area contributed by atoms with E-state index in [0.29, 0.717) is 0 Å². The molecule has 1 atom stereocenters. The Morgan fingerprint density at radius 1 is 1.50 bits per heavy atom. The molecule has 0 aliphatic heterocycles. The van der Waals surface area contributed by atoms with Crippen LogP contribution in [0.5, 0.6) is 5.75 Å². The van der Waals surface area contributed by atoms with Crippen molar-refractivity contribution < 1.29 is 22.7 Å². The van der Waals surface area contributed by atoms with Crippen molar-refractivity contribution in [1.29, 1.82) is 0 Å². The predicted octanol–water partition coefficient (Wildman–Crippen LogP) is 0.694. The third-order valence-corrected chi connectivity index (χ3v) is 3.25. The van der Waals surface area contributed by atoms with Crippen LogP contribution in [-0.2, 0) is 9.84 Å². The molecule has 0 saturated carbocycles. The summed E-state index contributed by atoms with van der Waals surface area (Å²) in [5, 5.41) is 11.7. The van der Waals surface area contributed by atoms with Crippen molar-refractivity contribution in [3.05, 3.63) is 29.6 Å². The summed E-state index contributed by atoms with van der Waals surface area (Å²) in [6.07, 6.45) is 1.04. The molecule has 0 aliphatic rings. The van der Waals surface area contributed by atoms with Crippen LogP contribution in [0.25, 0.3) is 0 Å². The van der Waals surface area contributed by atoms with Crippen molar-refractivity contribution in [2.45, 2.75) is 13.0 Å². The Labute approximate surface area is 105 Å². The molecule has 1 aromatic rings. The molecule has 0 aliphatic carbocycles. The zero-order valence-corrected chi connectivity index (χ0v) is 10.8. The summed E-state index contributed by atoms with van der Waals surface area (Å²) in [5.41, 5.74) is -0.488. The molecule has 18 heavy (non-hydrogen) atoms. The molecule has 5 nitrogen and oxygen atoms in total. The number of hydrogen-bond acceptors (Lipinski definition) is 4. The molecule has 0 radical (unpaired) electrons. The zero-order chi connectivity index (χ0) is 13.9. The third kappa shape index (κ3) is 3.99. The van der Waals surface area contributed by atoms with Gasteiger partial charge in [0.1, 0.15) is 27.0 Å². The molecule has 0 bridgehead atoms. The van der Waals surface area contributed by atoms with Crippen molar-refractivity contribution in [2.75, 3.05) is 12.0 Å². The van der Waals surface area contributed by atoms with Crippen LogP contribution in [0.3, 0.4) is 0 Å². The molecule has 0 fully saturated rings. The summed E-state index contributed by atoms with van der Waals surface area (Å²) < 4.78 is 35.4. The topological polar surface area (TPSA) is 83.5 Å². The standard InChI is InChI=1S/C11H14FNO4S/c1-7(6-18(2,16)17)13-11(15)10-8(12)4-3-5-9(10)14/h3-5,7,14H,6H2,1-2H3,(H,13,15). The van der Waals surface area contributed by atoms with Crippen LogP contribution in [0.1, 0.15) is 17.3 Å². The van der Waals surface area contributed by atoms with Gasteiger partial charge in [0.25, 0.3) is 5.91 Å². The first kappa shape index (κ1) is 14.4. The van der Waals surface area contributed by atoms with E-state index in [2.05, 4.69) is 5.32 Å². The Hall–Kier alpha value is -1.63. The van der Waals surface area contributed by atoms with Crippen LogP contribution in [0.15, 0.2) is 18.2 Å². The molecule has 0 heterocycles. The first-order valence-electron chi connectivity index (χ1n) is 5.17. The van der Waals surface area contributed by atoms with E-state index in [1.165, 1.54) is 19.1 Å². The van der Waals surface area contributed by atoms with Crippen molar-refractivity contribution in [2.24, 2.45) is 0 Å². The van der Waals surface area contributed by atoms with Gasteiger partial charge in [-0.15, -0.1) is 0 Å². The number of nitrogens with one attached hydrogen (secondary N) is 1. The van der Waals surface area contributed by atoms with Gasteiger partial charge in [-0.2, -0.15) is 0 Å². The second-order valence-electron chi connectivity index (χ2n) is 4.10. The summed E-state index contributed by atoms with van der Waals surface area (Å²) in [4.78, 5) is 11.7. The number of carbonyl (C=O) groups is 1. The van der Waals surface area contributed by atoms with Gasteiger partial charge in [0.05, 0.1) is 5.75 Å². The molecular weight excluding hydrogens is 261 g/mol. The fourth-order valence-electron chi connectivity index (χ4n) is 1.53. The average Bonchev–Trinajstić information content (AvgIpc) is 2.13. The van der Waals surface area contributed by atoms with Crippen LogP contribution < -0.4 is 5.32 Å². The van der Waals surface area contributed by atoms with Crippen LogP contribution in [0.4, 0.5) is 4.39 Å². The van der Waals surface area contributed by atoms with Gasteiger partial charge in [0.2, 0.25) is 0 Å². The second kappa shape index (κ2) is 5.34. The van der Waals surface area contributed by atoms with Crippen molar-refractivity contribution >= 4 is 15.7 Å². The van der Waals surface area contributed by atoms with Gasteiger partial charge in [-0.25, -0.2) is 12.8 Å². The highest BCUT2D eigenvalue weighted by Crippen LogP contribution is 2.19. The number of benzene rings is 1. The van der Waals surface area contributed by atoms with Crippen molar-refractivity contribution in [3.63, 3.8) is 0 Å². The lowest BCUT2D eigenvalue weighted by Gasteiger charge is -2.13. The van der Waals surface area contributed by atoms with Crippen molar-refractivity contribution in [3.8, 4) is 5.75 Å². The highest BCUT2D eigenvalue weighted by atomic mass is 32.2. The summed E-state index contributed by atoms with van der Waals surface area (Å²) in [5.74, 6) is -2.45. The van der Waals surface area contributed by atoms with E-state index in [-0.39, 0.29) is 5.75 Å². The van der Waals surface area contributed by atoms with Gasteiger partial charge < -0.3 is 10.4 Å². The average molecular weight is 275 g/mol. The Morgan fingerprint density at radius 3 is 2.61 bits per heavy atom. The van der Waals surface area contributed by atoms with E-state index < -0.39 is 38.9 Å². The lowest BCUT2D eigenvalue weighted by atomic mass is 10.1. The minimum atomic E-state index is -3.24. The first-order valence-corrected chi connectivity index (χ1v) is 7.23. The fourth-order valence-corrected chi connectivity index (χ4v) is 2.52. The van der Waals surface area contributed by atoms with E-state index in [1.54, 1.807) is 0 Å². The maximum absolute atomic E-state index is 13.4. The molecule has 2 N–H and O–H groups in total. The number of rotatable bonds is 4. The normalized spacial score (nSPS) is 13.1. The van der Waals surface area contributed by atoms with Gasteiger partial charge >= 0.3 is 0 Å². The van der Waals surface area contributed by atoms with E-state index in [1.807, 2.05) is 0 Å². The smallest absolute Gasteiger partial charge is 0.258 e. The number of carbonyl (C=O) groups excluding carboxylic acids is 1. The molecule has 0 aromatic heterocycles.